The van der Waals surface area contributed by atoms with E-state index in [1.54, 1.807) is 19.1 Å². The average molecular weight is 449 g/mol. The third kappa shape index (κ3) is 3.31. The first-order valence-corrected chi connectivity index (χ1v) is 10.9. The molecular formula is C24H24N4O3S. The number of nitrogens with zero attached hydrogens (tertiary/aromatic N) is 4. The summed E-state index contributed by atoms with van der Waals surface area (Å²) in [7, 11) is 3.30. The Morgan fingerprint density at radius 3 is 2.59 bits per heavy atom. The Bertz CT molecular complexity index is 1200. The summed E-state index contributed by atoms with van der Waals surface area (Å²) in [5.41, 5.74) is 5.07. The van der Waals surface area contributed by atoms with Crippen molar-refractivity contribution in [3.63, 3.8) is 0 Å². The second-order valence-corrected chi connectivity index (χ2v) is 8.44. The van der Waals surface area contributed by atoms with Gasteiger partial charge >= 0.3 is 0 Å². The molecule has 2 aliphatic heterocycles. The summed E-state index contributed by atoms with van der Waals surface area (Å²) >= 11 is 5.69. The fraction of sp³-hybridized carbons (Fsp3) is 0.292. The van der Waals surface area contributed by atoms with E-state index in [1.165, 1.54) is 5.56 Å². The predicted octanol–water partition coefficient (Wildman–Crippen LogP) is 3.32. The monoisotopic (exact) mass is 448 g/mol. The van der Waals surface area contributed by atoms with Gasteiger partial charge in [-0.05, 0) is 60.6 Å². The lowest BCUT2D eigenvalue weighted by Gasteiger charge is -2.28. The molecule has 0 spiro atoms. The molecule has 1 aromatic heterocycles. The highest BCUT2D eigenvalue weighted by atomic mass is 32.1. The molecule has 5 rings (SSSR count). The van der Waals surface area contributed by atoms with E-state index < -0.39 is 0 Å². The van der Waals surface area contributed by atoms with Gasteiger partial charge in [-0.3, -0.25) is 9.69 Å². The van der Waals surface area contributed by atoms with Gasteiger partial charge in [0, 0.05) is 18.7 Å². The van der Waals surface area contributed by atoms with Crippen molar-refractivity contribution in [2.75, 3.05) is 19.1 Å². The van der Waals surface area contributed by atoms with Crippen molar-refractivity contribution in [1.82, 2.24) is 14.5 Å². The standard InChI is InChI=1S/C24H24N4O3S/c1-15-10-16(4-9-22(15)31-3)12-26-14-25-19-13-27-21(11-20(19)26)23(29)28(24(27)32)17-5-7-18(30-2)8-6-17/h4-10,14,21H,11-13H2,1-3H3. The van der Waals surface area contributed by atoms with E-state index in [4.69, 9.17) is 21.7 Å². The Kier molecular flexibility index (Phi) is 5.09. The maximum absolute atomic E-state index is 13.3. The van der Waals surface area contributed by atoms with Crippen LogP contribution in [0, 0.1) is 6.92 Å². The predicted molar refractivity (Wildman–Crippen MR) is 125 cm³/mol. The lowest BCUT2D eigenvalue weighted by molar-refractivity contribution is -0.120. The van der Waals surface area contributed by atoms with Crippen molar-refractivity contribution < 1.29 is 14.3 Å². The smallest absolute Gasteiger partial charge is 0.256 e. The van der Waals surface area contributed by atoms with Crippen molar-refractivity contribution in [3.05, 3.63) is 71.3 Å². The van der Waals surface area contributed by atoms with Crippen LogP contribution in [0.2, 0.25) is 0 Å². The zero-order chi connectivity index (χ0) is 22.4. The first-order chi connectivity index (χ1) is 15.5. The molecule has 0 aliphatic carbocycles. The summed E-state index contributed by atoms with van der Waals surface area (Å²) in [4.78, 5) is 21.6. The third-order valence-corrected chi connectivity index (χ3v) is 6.62. The van der Waals surface area contributed by atoms with E-state index in [-0.39, 0.29) is 11.9 Å². The fourth-order valence-corrected chi connectivity index (χ4v) is 4.90. The molecule has 3 aromatic rings. The first-order valence-electron chi connectivity index (χ1n) is 10.4. The first kappa shape index (κ1) is 20.5. The zero-order valence-corrected chi connectivity index (χ0v) is 19.1. The minimum atomic E-state index is -0.315. The van der Waals surface area contributed by atoms with E-state index in [0.717, 1.165) is 34.1 Å². The molecule has 1 amide bonds. The molecule has 0 radical (unpaired) electrons. The third-order valence-electron chi connectivity index (χ3n) is 6.20. The zero-order valence-electron chi connectivity index (χ0n) is 18.2. The normalized spacial score (nSPS) is 17.4. The molecule has 0 N–H and O–H groups in total. The molecule has 2 aliphatic rings. The number of imidazole rings is 1. The molecule has 2 aromatic carbocycles. The van der Waals surface area contributed by atoms with Gasteiger partial charge in [-0.25, -0.2) is 4.98 Å². The number of anilines is 1. The van der Waals surface area contributed by atoms with Crippen LogP contribution in [0.4, 0.5) is 5.69 Å². The molecule has 7 nitrogen and oxygen atoms in total. The molecule has 1 fully saturated rings. The number of amides is 1. The van der Waals surface area contributed by atoms with Gasteiger partial charge < -0.3 is 18.9 Å². The number of benzene rings is 2. The maximum Gasteiger partial charge on any atom is 0.256 e. The highest BCUT2D eigenvalue weighted by Gasteiger charge is 2.46. The van der Waals surface area contributed by atoms with E-state index >= 15 is 0 Å². The fourth-order valence-electron chi connectivity index (χ4n) is 4.52. The molecule has 164 valence electrons. The van der Waals surface area contributed by atoms with Crippen molar-refractivity contribution in [2.24, 2.45) is 0 Å². The Balaban J connectivity index is 1.40. The Morgan fingerprint density at radius 1 is 1.12 bits per heavy atom. The number of hydrogen-bond acceptors (Lipinski definition) is 5. The van der Waals surface area contributed by atoms with Crippen LogP contribution in [-0.4, -0.2) is 45.7 Å². The summed E-state index contributed by atoms with van der Waals surface area (Å²) in [5.74, 6) is 1.61. The van der Waals surface area contributed by atoms with E-state index in [2.05, 4.69) is 21.7 Å². The molecule has 1 unspecified atom stereocenters. The molecule has 0 saturated carbocycles. The Hall–Kier alpha value is -3.39. The minimum absolute atomic E-state index is 0.00106. The van der Waals surface area contributed by atoms with Crippen LogP contribution in [0.25, 0.3) is 0 Å². The summed E-state index contributed by atoms with van der Waals surface area (Å²) in [6.45, 7) is 3.27. The maximum atomic E-state index is 13.3. The molecule has 0 bridgehead atoms. The average Bonchev–Trinajstić information content (AvgIpc) is 3.30. The number of aryl methyl sites for hydroxylation is 1. The highest BCUT2D eigenvalue weighted by Crippen LogP contribution is 2.33. The van der Waals surface area contributed by atoms with Crippen molar-refractivity contribution in [3.8, 4) is 11.5 Å². The topological polar surface area (TPSA) is 59.8 Å². The van der Waals surface area contributed by atoms with Crippen LogP contribution in [-0.2, 0) is 24.3 Å². The van der Waals surface area contributed by atoms with E-state index in [0.29, 0.717) is 24.6 Å². The van der Waals surface area contributed by atoms with Gasteiger partial charge in [0.15, 0.2) is 5.11 Å². The van der Waals surface area contributed by atoms with Crippen LogP contribution >= 0.6 is 12.2 Å². The molecule has 3 heterocycles. The summed E-state index contributed by atoms with van der Waals surface area (Å²) in [5, 5.41) is 0.524. The van der Waals surface area contributed by atoms with E-state index in [9.17, 15) is 4.79 Å². The van der Waals surface area contributed by atoms with Gasteiger partial charge in [-0.2, -0.15) is 0 Å². The van der Waals surface area contributed by atoms with Gasteiger partial charge in [0.05, 0.1) is 38.5 Å². The van der Waals surface area contributed by atoms with Gasteiger partial charge in [0.2, 0.25) is 0 Å². The van der Waals surface area contributed by atoms with Crippen LogP contribution in [0.1, 0.15) is 22.5 Å². The molecule has 32 heavy (non-hydrogen) atoms. The number of carbonyl (C=O) groups excluding carboxylic acids is 1. The summed E-state index contributed by atoms with van der Waals surface area (Å²) in [6, 6.07) is 13.3. The van der Waals surface area contributed by atoms with Gasteiger partial charge in [0.25, 0.3) is 5.91 Å². The lowest BCUT2D eigenvalue weighted by Crippen LogP contribution is -2.40. The van der Waals surface area contributed by atoms with Crippen molar-refractivity contribution in [1.29, 1.82) is 0 Å². The van der Waals surface area contributed by atoms with Gasteiger partial charge in [0.1, 0.15) is 17.5 Å². The quantitative estimate of drug-likeness (QED) is 0.558. The van der Waals surface area contributed by atoms with Crippen LogP contribution in [0.3, 0.4) is 0 Å². The van der Waals surface area contributed by atoms with Crippen LogP contribution < -0.4 is 14.4 Å². The number of carbonyl (C=O) groups is 1. The largest absolute Gasteiger partial charge is 0.497 e. The SMILES string of the molecule is COc1ccc(N2C(=O)C3Cc4c(ncn4Cc4ccc(OC)c(C)c4)CN3C2=S)cc1. The van der Waals surface area contributed by atoms with Crippen LogP contribution in [0.15, 0.2) is 48.8 Å². The minimum Gasteiger partial charge on any atom is -0.497 e. The van der Waals surface area contributed by atoms with Gasteiger partial charge in [-0.1, -0.05) is 12.1 Å². The number of rotatable bonds is 5. The number of aromatic nitrogens is 2. The van der Waals surface area contributed by atoms with Crippen molar-refractivity contribution in [2.45, 2.75) is 32.5 Å². The van der Waals surface area contributed by atoms with E-state index in [1.807, 2.05) is 48.5 Å². The van der Waals surface area contributed by atoms with Crippen LogP contribution in [0.5, 0.6) is 11.5 Å². The number of methoxy groups -OCH3 is 2. The molecule has 8 heteroatoms. The second kappa shape index (κ2) is 7.94. The number of ether oxygens (including phenoxy) is 2. The Labute approximate surface area is 192 Å². The molecule has 1 saturated heterocycles. The van der Waals surface area contributed by atoms with Crippen molar-refractivity contribution >= 4 is 28.9 Å². The lowest BCUT2D eigenvalue weighted by atomic mass is 10.0. The molecular weight excluding hydrogens is 424 g/mol. The summed E-state index contributed by atoms with van der Waals surface area (Å²) in [6.07, 6.45) is 2.44. The summed E-state index contributed by atoms with van der Waals surface area (Å²) < 4.78 is 12.7. The molecule has 1 atom stereocenters. The number of fused-ring (bicyclic) bond motifs is 2. The number of thiocarbonyl (C=S) groups is 1. The highest BCUT2D eigenvalue weighted by molar-refractivity contribution is 7.80. The Morgan fingerprint density at radius 2 is 1.91 bits per heavy atom. The number of hydrogen-bond donors (Lipinski definition) is 0. The second-order valence-electron chi connectivity index (χ2n) is 8.07. The van der Waals surface area contributed by atoms with Gasteiger partial charge in [-0.15, -0.1) is 0 Å².